The zero-order valence-corrected chi connectivity index (χ0v) is 26.4. The van der Waals surface area contributed by atoms with Crippen molar-refractivity contribution in [3.63, 3.8) is 0 Å². The number of rotatable bonds is 13. The zero-order chi connectivity index (χ0) is 34.0. The summed E-state index contributed by atoms with van der Waals surface area (Å²) in [5.74, 6) is -1.97. The van der Waals surface area contributed by atoms with Crippen molar-refractivity contribution in [3.05, 3.63) is 126 Å². The summed E-state index contributed by atoms with van der Waals surface area (Å²) in [4.78, 5) is 61.6. The van der Waals surface area contributed by atoms with E-state index in [0.29, 0.717) is 17.9 Å². The Bertz CT molecular complexity index is 1800. The molecule has 4 aromatic rings. The largest absolute Gasteiger partial charge is 0.457 e. The maximum atomic E-state index is 13.4. The van der Waals surface area contributed by atoms with Gasteiger partial charge in [-0.25, -0.2) is 19.6 Å². The smallest absolute Gasteiger partial charge is 0.339 e. The molecule has 246 valence electrons. The summed E-state index contributed by atoms with van der Waals surface area (Å²) in [7, 11) is 1.86. The third-order valence-corrected chi connectivity index (χ3v) is 7.99. The molecule has 0 radical (unpaired) electrons. The van der Waals surface area contributed by atoms with Crippen LogP contribution in [0.25, 0.3) is 0 Å². The SMILES string of the molecule is C=CC(=O)NC1CC[C@@H](N(C)c2cnc(C(N)=O)c(Nc3ccc(C(=O)OCc4ccccc4)c(C(=O)OCc4ccccc4)c3)n2)C1. The minimum Gasteiger partial charge on any atom is -0.457 e. The number of ether oxygens (including phenoxy) is 2. The number of anilines is 3. The number of nitrogens with one attached hydrogen (secondary N) is 2. The van der Waals surface area contributed by atoms with E-state index in [-0.39, 0.29) is 53.8 Å². The van der Waals surface area contributed by atoms with Crippen molar-refractivity contribution < 1.29 is 28.7 Å². The van der Waals surface area contributed by atoms with Crippen LogP contribution in [0.15, 0.2) is 97.7 Å². The first-order chi connectivity index (χ1) is 23.2. The average Bonchev–Trinajstić information content (AvgIpc) is 3.58. The lowest BCUT2D eigenvalue weighted by atomic mass is 10.1. The van der Waals surface area contributed by atoms with Gasteiger partial charge in [0, 0.05) is 24.8 Å². The lowest BCUT2D eigenvalue weighted by Gasteiger charge is -2.26. The van der Waals surface area contributed by atoms with Crippen molar-refractivity contribution in [1.82, 2.24) is 15.3 Å². The van der Waals surface area contributed by atoms with E-state index in [0.717, 1.165) is 24.0 Å². The number of esters is 2. The summed E-state index contributed by atoms with van der Waals surface area (Å²) in [6.07, 6.45) is 4.98. The molecule has 12 nitrogen and oxygen atoms in total. The van der Waals surface area contributed by atoms with Gasteiger partial charge < -0.3 is 30.7 Å². The van der Waals surface area contributed by atoms with Crippen LogP contribution in [0.3, 0.4) is 0 Å². The molecule has 2 atom stereocenters. The maximum absolute atomic E-state index is 13.4. The molecule has 1 aliphatic carbocycles. The van der Waals surface area contributed by atoms with E-state index in [9.17, 15) is 19.2 Å². The first-order valence-corrected chi connectivity index (χ1v) is 15.4. The first-order valence-electron chi connectivity index (χ1n) is 15.4. The molecule has 0 aliphatic heterocycles. The highest BCUT2D eigenvalue weighted by molar-refractivity contribution is 6.04. The van der Waals surface area contributed by atoms with E-state index < -0.39 is 17.8 Å². The molecule has 1 aliphatic rings. The van der Waals surface area contributed by atoms with Gasteiger partial charge in [0.2, 0.25) is 5.91 Å². The maximum Gasteiger partial charge on any atom is 0.339 e. The molecule has 0 bridgehead atoms. The molecule has 1 unspecified atom stereocenters. The summed E-state index contributed by atoms with van der Waals surface area (Å²) in [5, 5.41) is 5.98. The van der Waals surface area contributed by atoms with Gasteiger partial charge in [0.05, 0.1) is 17.3 Å². The Morgan fingerprint density at radius 1 is 0.917 bits per heavy atom. The Morgan fingerprint density at radius 2 is 1.54 bits per heavy atom. The van der Waals surface area contributed by atoms with Crippen molar-refractivity contribution in [2.75, 3.05) is 17.3 Å². The van der Waals surface area contributed by atoms with Gasteiger partial charge in [0.1, 0.15) is 19.0 Å². The second kappa shape index (κ2) is 15.5. The second-order valence-electron chi connectivity index (χ2n) is 11.3. The molecule has 0 saturated heterocycles. The van der Waals surface area contributed by atoms with Crippen molar-refractivity contribution in [2.45, 2.75) is 44.6 Å². The summed E-state index contributed by atoms with van der Waals surface area (Å²) in [5.41, 5.74) is 7.36. The zero-order valence-electron chi connectivity index (χ0n) is 26.4. The molecular formula is C36H36N6O6. The molecule has 4 N–H and O–H groups in total. The highest BCUT2D eigenvalue weighted by atomic mass is 16.5. The van der Waals surface area contributed by atoms with Gasteiger partial charge in [-0.15, -0.1) is 0 Å². The predicted octanol–water partition coefficient (Wildman–Crippen LogP) is 4.69. The van der Waals surface area contributed by atoms with Crippen LogP contribution in [0.4, 0.5) is 17.3 Å². The number of hydrogen-bond acceptors (Lipinski definition) is 10. The second-order valence-corrected chi connectivity index (χ2v) is 11.3. The molecule has 5 rings (SSSR count). The van der Waals surface area contributed by atoms with Gasteiger partial charge in [-0.3, -0.25) is 9.59 Å². The van der Waals surface area contributed by atoms with E-state index in [1.165, 1.54) is 24.4 Å². The Kier molecular flexibility index (Phi) is 10.8. The summed E-state index contributed by atoms with van der Waals surface area (Å²) >= 11 is 0. The highest BCUT2D eigenvalue weighted by Gasteiger charge is 2.30. The van der Waals surface area contributed by atoms with E-state index in [1.54, 1.807) is 6.07 Å². The van der Waals surface area contributed by atoms with Gasteiger partial charge in [0.25, 0.3) is 5.91 Å². The van der Waals surface area contributed by atoms with Crippen LogP contribution in [0.5, 0.6) is 0 Å². The third kappa shape index (κ3) is 8.40. The lowest BCUT2D eigenvalue weighted by molar-refractivity contribution is -0.117. The highest BCUT2D eigenvalue weighted by Crippen LogP contribution is 2.29. The molecule has 48 heavy (non-hydrogen) atoms. The van der Waals surface area contributed by atoms with Gasteiger partial charge in [-0.05, 0) is 54.7 Å². The van der Waals surface area contributed by atoms with Crippen LogP contribution >= 0.6 is 0 Å². The Hall–Kier alpha value is -6.04. The minimum absolute atomic E-state index is 0.00330. The normalized spacial score (nSPS) is 15.2. The number of carbonyl (C=O) groups excluding carboxylic acids is 4. The van der Waals surface area contributed by atoms with Crippen LogP contribution in [0, 0.1) is 0 Å². The fraction of sp³-hybridized carbons (Fsp3) is 0.222. The molecule has 12 heteroatoms. The molecule has 1 heterocycles. The lowest BCUT2D eigenvalue weighted by Crippen LogP contribution is -2.35. The fourth-order valence-electron chi connectivity index (χ4n) is 5.41. The number of carbonyl (C=O) groups is 4. The summed E-state index contributed by atoms with van der Waals surface area (Å²) < 4.78 is 11.1. The van der Waals surface area contributed by atoms with Gasteiger partial charge in [-0.1, -0.05) is 67.2 Å². The number of nitrogens with zero attached hydrogens (tertiary/aromatic N) is 3. The number of amides is 2. The summed E-state index contributed by atoms with van der Waals surface area (Å²) in [6, 6.07) is 22.8. The van der Waals surface area contributed by atoms with Gasteiger partial charge >= 0.3 is 11.9 Å². The number of primary amides is 1. The van der Waals surface area contributed by atoms with Crippen LogP contribution in [0.1, 0.15) is 61.6 Å². The average molecular weight is 649 g/mol. The molecular weight excluding hydrogens is 612 g/mol. The number of hydrogen-bond donors (Lipinski definition) is 3. The Labute approximate surface area is 278 Å². The van der Waals surface area contributed by atoms with Crippen molar-refractivity contribution in [1.29, 1.82) is 0 Å². The van der Waals surface area contributed by atoms with Crippen molar-refractivity contribution in [3.8, 4) is 0 Å². The van der Waals surface area contributed by atoms with E-state index >= 15 is 0 Å². The van der Waals surface area contributed by atoms with Gasteiger partial charge in [-0.2, -0.15) is 0 Å². The van der Waals surface area contributed by atoms with Crippen LogP contribution in [-0.4, -0.2) is 52.9 Å². The predicted molar refractivity (Wildman–Crippen MR) is 180 cm³/mol. The fourth-order valence-corrected chi connectivity index (χ4v) is 5.41. The topological polar surface area (TPSA) is 166 Å². The minimum atomic E-state index is -0.809. The van der Waals surface area contributed by atoms with E-state index in [2.05, 4.69) is 27.2 Å². The molecule has 0 spiro atoms. The molecule has 1 saturated carbocycles. The number of aromatic nitrogens is 2. The number of nitrogens with two attached hydrogens (primary N) is 1. The number of benzene rings is 3. The van der Waals surface area contributed by atoms with Crippen molar-refractivity contribution >= 4 is 41.1 Å². The Balaban J connectivity index is 1.40. The molecule has 2 amide bonds. The van der Waals surface area contributed by atoms with Crippen LogP contribution < -0.4 is 21.3 Å². The van der Waals surface area contributed by atoms with Crippen LogP contribution in [0.2, 0.25) is 0 Å². The van der Waals surface area contributed by atoms with E-state index in [4.69, 9.17) is 15.2 Å². The quantitative estimate of drug-likeness (QED) is 0.137. The van der Waals surface area contributed by atoms with Crippen molar-refractivity contribution in [2.24, 2.45) is 5.73 Å². The molecule has 1 fully saturated rings. The molecule has 1 aromatic heterocycles. The summed E-state index contributed by atoms with van der Waals surface area (Å²) in [6.45, 7) is 3.51. The Morgan fingerprint density at radius 3 is 2.15 bits per heavy atom. The standard InChI is InChI=1S/C36H36N6O6/c1-3-31(43)39-25-14-16-27(18-25)42(2)30-20-38-32(33(37)44)34(41-30)40-26-15-17-28(35(45)47-21-23-10-6-4-7-11-23)29(19-26)36(46)48-22-24-12-8-5-9-13-24/h3-13,15,17,19-20,25,27H,1,14,16,18,21-22H2,2H3,(H2,37,44)(H,39,43)(H,40,41)/t25?,27-/m1/s1. The monoisotopic (exact) mass is 648 g/mol. The molecule has 3 aromatic carbocycles. The van der Waals surface area contributed by atoms with Crippen LogP contribution in [-0.2, 0) is 27.5 Å². The van der Waals surface area contributed by atoms with Gasteiger partial charge in [0.15, 0.2) is 11.5 Å². The first kappa shape index (κ1) is 33.3. The third-order valence-electron chi connectivity index (χ3n) is 7.99. The van der Waals surface area contributed by atoms with E-state index in [1.807, 2.05) is 72.6 Å².